The van der Waals surface area contributed by atoms with Gasteiger partial charge in [0.05, 0.1) is 5.56 Å². The van der Waals surface area contributed by atoms with E-state index in [0.717, 1.165) is 0 Å². The third kappa shape index (κ3) is 3.17. The summed E-state index contributed by atoms with van der Waals surface area (Å²) in [7, 11) is 0. The molecule has 0 spiro atoms. The number of aromatic carboxylic acids is 1. The van der Waals surface area contributed by atoms with Crippen LogP contribution in [0.5, 0.6) is 0 Å². The summed E-state index contributed by atoms with van der Waals surface area (Å²) in [5.74, 6) is -1.37. The number of carboxylic acid groups (broad SMARTS) is 1. The van der Waals surface area contributed by atoms with Crippen molar-refractivity contribution in [3.63, 3.8) is 0 Å². The van der Waals surface area contributed by atoms with Crippen molar-refractivity contribution in [2.75, 3.05) is 5.32 Å². The zero-order valence-electron chi connectivity index (χ0n) is 9.63. The molecule has 1 heterocycles. The Bertz CT molecular complexity index is 626. The summed E-state index contributed by atoms with van der Waals surface area (Å²) in [6, 6.07) is 9.32. The molecule has 0 saturated carbocycles. The molecule has 19 heavy (non-hydrogen) atoms. The van der Waals surface area contributed by atoms with E-state index in [9.17, 15) is 9.59 Å². The van der Waals surface area contributed by atoms with Crippen LogP contribution in [0.4, 0.5) is 5.69 Å². The second-order valence-electron chi connectivity index (χ2n) is 3.67. The highest BCUT2D eigenvalue weighted by molar-refractivity contribution is 9.10. The molecule has 2 rings (SSSR count). The number of amides is 1. The average Bonchev–Trinajstić information content (AvgIpc) is 2.39. The molecule has 5 nitrogen and oxygen atoms in total. The zero-order valence-corrected chi connectivity index (χ0v) is 11.2. The number of hydrogen-bond acceptors (Lipinski definition) is 3. The second-order valence-corrected chi connectivity index (χ2v) is 4.52. The number of carbonyl (C=O) groups excluding carboxylic acids is 1. The Morgan fingerprint density at radius 2 is 1.84 bits per heavy atom. The van der Waals surface area contributed by atoms with Crippen LogP contribution in [-0.2, 0) is 0 Å². The third-order valence-corrected chi connectivity index (χ3v) is 3.00. The molecule has 96 valence electrons. The number of pyridine rings is 1. The van der Waals surface area contributed by atoms with E-state index in [-0.39, 0.29) is 17.2 Å². The second kappa shape index (κ2) is 5.62. The molecule has 1 amide bonds. The Hall–Kier alpha value is -2.21. The summed E-state index contributed by atoms with van der Waals surface area (Å²) in [5, 5.41) is 11.4. The van der Waals surface area contributed by atoms with E-state index in [4.69, 9.17) is 5.11 Å². The summed E-state index contributed by atoms with van der Waals surface area (Å²) in [6.45, 7) is 0. The van der Waals surface area contributed by atoms with Gasteiger partial charge in [0.1, 0.15) is 5.69 Å². The van der Waals surface area contributed by atoms with Crippen LogP contribution >= 0.6 is 15.9 Å². The van der Waals surface area contributed by atoms with Crippen LogP contribution < -0.4 is 5.32 Å². The van der Waals surface area contributed by atoms with E-state index in [2.05, 4.69) is 26.2 Å². The van der Waals surface area contributed by atoms with Gasteiger partial charge in [0.2, 0.25) is 0 Å². The van der Waals surface area contributed by atoms with Gasteiger partial charge in [-0.1, -0.05) is 0 Å². The lowest BCUT2D eigenvalue weighted by atomic mass is 10.2. The normalized spacial score (nSPS) is 9.95. The molecule has 0 unspecified atom stereocenters. The highest BCUT2D eigenvalue weighted by Crippen LogP contribution is 2.16. The molecular formula is C13H9BrN2O3. The number of nitrogens with zero attached hydrogens (tertiary/aromatic N) is 1. The van der Waals surface area contributed by atoms with Crippen LogP contribution in [0.25, 0.3) is 0 Å². The maximum absolute atomic E-state index is 11.9. The molecule has 0 atom stereocenters. The van der Waals surface area contributed by atoms with Crippen LogP contribution in [0.2, 0.25) is 0 Å². The van der Waals surface area contributed by atoms with E-state index in [1.54, 1.807) is 12.1 Å². The van der Waals surface area contributed by atoms with E-state index in [1.165, 1.54) is 30.5 Å². The fourth-order valence-electron chi connectivity index (χ4n) is 1.44. The van der Waals surface area contributed by atoms with Crippen LogP contribution in [0.1, 0.15) is 20.8 Å². The van der Waals surface area contributed by atoms with Crippen LogP contribution in [0.3, 0.4) is 0 Å². The number of halogens is 1. The van der Waals surface area contributed by atoms with Crippen molar-refractivity contribution in [3.8, 4) is 0 Å². The number of nitrogens with one attached hydrogen (secondary N) is 1. The maximum atomic E-state index is 11.9. The number of anilines is 1. The molecule has 0 fully saturated rings. The lowest BCUT2D eigenvalue weighted by Crippen LogP contribution is -2.14. The highest BCUT2D eigenvalue weighted by atomic mass is 79.9. The smallest absolute Gasteiger partial charge is 0.335 e. The number of hydrogen-bond donors (Lipinski definition) is 2. The molecule has 2 N–H and O–H groups in total. The van der Waals surface area contributed by atoms with Crippen molar-refractivity contribution in [1.82, 2.24) is 4.98 Å². The first-order valence-corrected chi connectivity index (χ1v) is 6.12. The van der Waals surface area contributed by atoms with E-state index in [0.29, 0.717) is 10.2 Å². The van der Waals surface area contributed by atoms with Gasteiger partial charge in [-0.2, -0.15) is 0 Å². The number of benzene rings is 1. The van der Waals surface area contributed by atoms with E-state index < -0.39 is 5.97 Å². The number of carbonyl (C=O) groups is 2. The predicted octanol–water partition coefficient (Wildman–Crippen LogP) is 2.79. The Labute approximate surface area is 117 Å². The van der Waals surface area contributed by atoms with Crippen molar-refractivity contribution < 1.29 is 14.7 Å². The van der Waals surface area contributed by atoms with Gasteiger partial charge >= 0.3 is 5.97 Å². The van der Waals surface area contributed by atoms with Crippen molar-refractivity contribution >= 4 is 33.5 Å². The minimum absolute atomic E-state index is 0.164. The molecule has 1 aromatic heterocycles. The van der Waals surface area contributed by atoms with Crippen molar-refractivity contribution in [3.05, 3.63) is 58.3 Å². The minimum Gasteiger partial charge on any atom is -0.478 e. The SMILES string of the molecule is O=C(O)c1ccc(NC(=O)c2ncccc2Br)cc1. The van der Waals surface area contributed by atoms with Gasteiger partial charge in [-0.05, 0) is 52.3 Å². The van der Waals surface area contributed by atoms with Crippen LogP contribution in [0, 0.1) is 0 Å². The number of carboxylic acids is 1. The minimum atomic E-state index is -1.01. The Kier molecular flexibility index (Phi) is 3.91. The Balaban J connectivity index is 2.15. The Morgan fingerprint density at radius 1 is 1.16 bits per heavy atom. The van der Waals surface area contributed by atoms with Crippen molar-refractivity contribution in [1.29, 1.82) is 0 Å². The van der Waals surface area contributed by atoms with Gasteiger partial charge in [0.25, 0.3) is 5.91 Å². The van der Waals surface area contributed by atoms with Gasteiger partial charge in [0, 0.05) is 16.4 Å². The van der Waals surface area contributed by atoms with Gasteiger partial charge in [-0.15, -0.1) is 0 Å². The standard InChI is InChI=1S/C13H9BrN2O3/c14-10-2-1-7-15-11(10)12(17)16-9-5-3-8(4-6-9)13(18)19/h1-7H,(H,16,17)(H,18,19). The van der Waals surface area contributed by atoms with Crippen LogP contribution in [0.15, 0.2) is 47.1 Å². The first-order valence-electron chi connectivity index (χ1n) is 5.33. The number of rotatable bonds is 3. The predicted molar refractivity (Wildman–Crippen MR) is 73.3 cm³/mol. The molecule has 0 radical (unpaired) electrons. The molecular weight excluding hydrogens is 312 g/mol. The lowest BCUT2D eigenvalue weighted by Gasteiger charge is -2.06. The Morgan fingerprint density at radius 3 is 2.42 bits per heavy atom. The van der Waals surface area contributed by atoms with E-state index in [1.807, 2.05) is 0 Å². The molecule has 0 aliphatic carbocycles. The molecule has 2 aromatic rings. The molecule has 0 bridgehead atoms. The summed E-state index contributed by atoms with van der Waals surface area (Å²) < 4.78 is 0.592. The maximum Gasteiger partial charge on any atom is 0.335 e. The van der Waals surface area contributed by atoms with Crippen LogP contribution in [-0.4, -0.2) is 22.0 Å². The topological polar surface area (TPSA) is 79.3 Å². The first-order chi connectivity index (χ1) is 9.08. The molecule has 0 aliphatic rings. The van der Waals surface area contributed by atoms with Gasteiger partial charge < -0.3 is 10.4 Å². The lowest BCUT2D eigenvalue weighted by molar-refractivity contribution is 0.0696. The summed E-state index contributed by atoms with van der Waals surface area (Å²) in [4.78, 5) is 26.6. The van der Waals surface area contributed by atoms with Gasteiger partial charge in [-0.25, -0.2) is 9.78 Å². The first kappa shape index (κ1) is 13.2. The fraction of sp³-hybridized carbons (Fsp3) is 0. The zero-order chi connectivity index (χ0) is 13.8. The molecule has 0 aliphatic heterocycles. The van der Waals surface area contributed by atoms with Gasteiger partial charge in [-0.3, -0.25) is 4.79 Å². The average molecular weight is 321 g/mol. The molecule has 0 saturated heterocycles. The summed E-state index contributed by atoms with van der Waals surface area (Å²) in [5.41, 5.74) is 0.939. The molecule has 6 heteroatoms. The highest BCUT2D eigenvalue weighted by Gasteiger charge is 2.11. The van der Waals surface area contributed by atoms with Crippen molar-refractivity contribution in [2.24, 2.45) is 0 Å². The third-order valence-electron chi connectivity index (χ3n) is 2.36. The van der Waals surface area contributed by atoms with Crippen molar-refractivity contribution in [2.45, 2.75) is 0 Å². The number of aromatic nitrogens is 1. The van der Waals surface area contributed by atoms with E-state index >= 15 is 0 Å². The largest absolute Gasteiger partial charge is 0.478 e. The molecule has 1 aromatic carbocycles. The quantitative estimate of drug-likeness (QED) is 0.911. The fourth-order valence-corrected chi connectivity index (χ4v) is 1.87. The summed E-state index contributed by atoms with van der Waals surface area (Å²) in [6.07, 6.45) is 1.52. The monoisotopic (exact) mass is 320 g/mol. The van der Waals surface area contributed by atoms with Gasteiger partial charge in [0.15, 0.2) is 0 Å². The summed E-state index contributed by atoms with van der Waals surface area (Å²) >= 11 is 3.24.